The monoisotopic (exact) mass is 249 g/mol. The summed E-state index contributed by atoms with van der Waals surface area (Å²) in [5.41, 5.74) is 0.171. The molecule has 1 aromatic carbocycles. The van der Waals surface area contributed by atoms with Crippen molar-refractivity contribution >= 4 is 5.91 Å². The number of carbonyl (C=O) groups excluding carboxylic acids is 1. The van der Waals surface area contributed by atoms with Gasteiger partial charge in [-0.1, -0.05) is 12.1 Å². The van der Waals surface area contributed by atoms with Crippen molar-refractivity contribution in [2.45, 2.75) is 32.3 Å². The summed E-state index contributed by atoms with van der Waals surface area (Å²) >= 11 is 0. The zero-order valence-corrected chi connectivity index (χ0v) is 10.8. The van der Waals surface area contributed by atoms with E-state index in [4.69, 9.17) is 0 Å². The second-order valence-corrected chi connectivity index (χ2v) is 5.30. The van der Waals surface area contributed by atoms with Gasteiger partial charge in [0.25, 0.3) is 5.91 Å². The first-order valence-electron chi connectivity index (χ1n) is 6.21. The molecule has 2 N–H and O–H groups in total. The van der Waals surface area contributed by atoms with E-state index in [1.54, 1.807) is 36.9 Å². The molecule has 2 rings (SSSR count). The van der Waals surface area contributed by atoms with Crippen LogP contribution in [0.4, 0.5) is 0 Å². The number of benzene rings is 1. The van der Waals surface area contributed by atoms with Gasteiger partial charge in [-0.25, -0.2) is 0 Å². The molecule has 0 bridgehead atoms. The number of aryl methyl sites for hydroxylation is 1. The Kier molecular flexibility index (Phi) is 3.30. The summed E-state index contributed by atoms with van der Waals surface area (Å²) in [7, 11) is 0. The molecule has 0 radical (unpaired) electrons. The Balaban J connectivity index is 2.23. The summed E-state index contributed by atoms with van der Waals surface area (Å²) in [6, 6.07) is 5.14. The fraction of sp³-hybridized carbons (Fsp3) is 0.500. The molecule has 1 aromatic rings. The van der Waals surface area contributed by atoms with Gasteiger partial charge < -0.3 is 15.1 Å². The van der Waals surface area contributed by atoms with Crippen LogP contribution in [-0.2, 0) is 0 Å². The standard InChI is InChI=1S/C14H19NO3/c1-10-5-3-6-11(12(10)16)13(17)15-8-4-7-14(2,18)9-15/h3,5-6,16,18H,4,7-9H2,1-2H3. The van der Waals surface area contributed by atoms with E-state index in [1.165, 1.54) is 0 Å². The van der Waals surface area contributed by atoms with Gasteiger partial charge in [0.05, 0.1) is 11.2 Å². The summed E-state index contributed by atoms with van der Waals surface area (Å²) in [5.74, 6) is -0.177. The van der Waals surface area contributed by atoms with Gasteiger partial charge in [-0.05, 0) is 38.3 Å². The van der Waals surface area contributed by atoms with Crippen molar-refractivity contribution in [3.63, 3.8) is 0 Å². The summed E-state index contributed by atoms with van der Waals surface area (Å²) in [5, 5.41) is 19.9. The van der Waals surface area contributed by atoms with Crippen LogP contribution < -0.4 is 0 Å². The average Bonchev–Trinajstić information content (AvgIpc) is 2.30. The van der Waals surface area contributed by atoms with Crippen LogP contribution in [0.1, 0.15) is 35.7 Å². The predicted molar refractivity (Wildman–Crippen MR) is 68.6 cm³/mol. The van der Waals surface area contributed by atoms with E-state index < -0.39 is 5.60 Å². The number of hydrogen-bond donors (Lipinski definition) is 2. The highest BCUT2D eigenvalue weighted by atomic mass is 16.3. The number of phenols is 1. The van der Waals surface area contributed by atoms with Gasteiger partial charge in [-0.2, -0.15) is 0 Å². The number of aromatic hydroxyl groups is 1. The van der Waals surface area contributed by atoms with E-state index in [1.807, 2.05) is 0 Å². The Bertz CT molecular complexity index is 468. The molecule has 1 aliphatic rings. The molecule has 0 aliphatic carbocycles. The third kappa shape index (κ3) is 2.48. The summed E-state index contributed by atoms with van der Waals surface area (Å²) in [4.78, 5) is 13.9. The summed E-state index contributed by atoms with van der Waals surface area (Å²) < 4.78 is 0. The smallest absolute Gasteiger partial charge is 0.257 e. The van der Waals surface area contributed by atoms with Crippen molar-refractivity contribution in [1.82, 2.24) is 4.90 Å². The van der Waals surface area contributed by atoms with Crippen molar-refractivity contribution < 1.29 is 15.0 Å². The van der Waals surface area contributed by atoms with Crippen LogP contribution in [-0.4, -0.2) is 39.7 Å². The first kappa shape index (κ1) is 12.9. The fourth-order valence-electron chi connectivity index (χ4n) is 2.40. The van der Waals surface area contributed by atoms with Crippen molar-refractivity contribution in [1.29, 1.82) is 0 Å². The van der Waals surface area contributed by atoms with Gasteiger partial charge in [0.1, 0.15) is 5.75 Å². The van der Waals surface area contributed by atoms with Crippen LogP contribution in [0.3, 0.4) is 0 Å². The fourth-order valence-corrected chi connectivity index (χ4v) is 2.40. The molecule has 1 saturated heterocycles. The van der Waals surface area contributed by atoms with Gasteiger partial charge >= 0.3 is 0 Å². The first-order valence-corrected chi connectivity index (χ1v) is 6.21. The van der Waals surface area contributed by atoms with E-state index in [-0.39, 0.29) is 11.7 Å². The number of para-hydroxylation sites is 1. The number of likely N-dealkylation sites (tertiary alicyclic amines) is 1. The zero-order valence-electron chi connectivity index (χ0n) is 10.8. The topological polar surface area (TPSA) is 60.8 Å². The minimum atomic E-state index is -0.826. The minimum Gasteiger partial charge on any atom is -0.507 e. The number of rotatable bonds is 1. The summed E-state index contributed by atoms with van der Waals surface area (Å²) in [6.45, 7) is 4.45. The molecule has 98 valence electrons. The Labute approximate surface area is 107 Å². The lowest BCUT2D eigenvalue weighted by Crippen LogP contribution is -2.48. The quantitative estimate of drug-likeness (QED) is 0.796. The first-order chi connectivity index (χ1) is 8.41. The molecule has 0 spiro atoms. The Morgan fingerprint density at radius 3 is 2.83 bits per heavy atom. The third-order valence-corrected chi connectivity index (χ3v) is 3.43. The number of hydrogen-bond acceptors (Lipinski definition) is 3. The van der Waals surface area contributed by atoms with Crippen LogP contribution in [0.2, 0.25) is 0 Å². The van der Waals surface area contributed by atoms with Crippen LogP contribution in [0.5, 0.6) is 5.75 Å². The average molecular weight is 249 g/mol. The number of β-amino-alcohol motifs (C(OH)–C–C–N with tert-alkyl or cyclic N) is 1. The molecule has 1 unspecified atom stereocenters. The SMILES string of the molecule is Cc1cccc(C(=O)N2CCCC(C)(O)C2)c1O. The van der Waals surface area contributed by atoms with E-state index in [0.717, 1.165) is 6.42 Å². The van der Waals surface area contributed by atoms with Gasteiger partial charge in [0.2, 0.25) is 0 Å². The summed E-state index contributed by atoms with van der Waals surface area (Å²) in [6.07, 6.45) is 1.49. The van der Waals surface area contributed by atoms with Crippen LogP contribution in [0.25, 0.3) is 0 Å². The van der Waals surface area contributed by atoms with Gasteiger partial charge in [-0.15, -0.1) is 0 Å². The van der Waals surface area contributed by atoms with Crippen molar-refractivity contribution in [2.24, 2.45) is 0 Å². The highest BCUT2D eigenvalue weighted by Crippen LogP contribution is 2.26. The van der Waals surface area contributed by atoms with Gasteiger partial charge in [0, 0.05) is 13.1 Å². The van der Waals surface area contributed by atoms with E-state index in [9.17, 15) is 15.0 Å². The largest absolute Gasteiger partial charge is 0.507 e. The zero-order chi connectivity index (χ0) is 13.3. The van der Waals surface area contributed by atoms with Crippen molar-refractivity contribution in [3.8, 4) is 5.75 Å². The van der Waals surface area contributed by atoms with E-state index in [0.29, 0.717) is 30.6 Å². The molecule has 1 heterocycles. The van der Waals surface area contributed by atoms with Gasteiger partial charge in [-0.3, -0.25) is 4.79 Å². The number of phenolic OH excluding ortho intramolecular Hbond substituents is 1. The molecule has 0 aromatic heterocycles. The number of amides is 1. The number of piperidine rings is 1. The minimum absolute atomic E-state index is 0.0349. The molecular formula is C14H19NO3. The van der Waals surface area contributed by atoms with Gasteiger partial charge in [0.15, 0.2) is 0 Å². The lowest BCUT2D eigenvalue weighted by Gasteiger charge is -2.37. The molecule has 0 saturated carbocycles. The van der Waals surface area contributed by atoms with Crippen LogP contribution in [0, 0.1) is 6.92 Å². The molecule has 4 heteroatoms. The maximum atomic E-state index is 12.3. The van der Waals surface area contributed by atoms with Crippen molar-refractivity contribution in [2.75, 3.05) is 13.1 Å². The second kappa shape index (κ2) is 4.61. The van der Waals surface area contributed by atoms with E-state index >= 15 is 0 Å². The van der Waals surface area contributed by atoms with E-state index in [2.05, 4.69) is 0 Å². The lowest BCUT2D eigenvalue weighted by molar-refractivity contribution is -0.0108. The van der Waals surface area contributed by atoms with Crippen molar-refractivity contribution in [3.05, 3.63) is 29.3 Å². The molecule has 1 atom stereocenters. The molecule has 18 heavy (non-hydrogen) atoms. The molecule has 1 fully saturated rings. The molecular weight excluding hydrogens is 230 g/mol. The maximum Gasteiger partial charge on any atom is 0.257 e. The molecule has 1 aliphatic heterocycles. The maximum absolute atomic E-state index is 12.3. The third-order valence-electron chi connectivity index (χ3n) is 3.43. The van der Waals surface area contributed by atoms with Crippen LogP contribution >= 0.6 is 0 Å². The number of aliphatic hydroxyl groups is 1. The molecule has 4 nitrogen and oxygen atoms in total. The normalized spacial score (nSPS) is 24.1. The number of nitrogens with zero attached hydrogens (tertiary/aromatic N) is 1. The highest BCUT2D eigenvalue weighted by molar-refractivity contribution is 5.97. The Morgan fingerprint density at radius 1 is 1.44 bits per heavy atom. The second-order valence-electron chi connectivity index (χ2n) is 5.30. The van der Waals surface area contributed by atoms with Crippen LogP contribution in [0.15, 0.2) is 18.2 Å². The highest BCUT2D eigenvalue weighted by Gasteiger charge is 2.32. The molecule has 1 amide bonds. The Hall–Kier alpha value is -1.55. The predicted octanol–water partition coefficient (Wildman–Crippen LogP) is 1.69. The lowest BCUT2D eigenvalue weighted by atomic mass is 9.94. The number of carbonyl (C=O) groups is 1. The Morgan fingerprint density at radius 2 is 2.17 bits per heavy atom.